The summed E-state index contributed by atoms with van der Waals surface area (Å²) in [6, 6.07) is 0. The van der Waals surface area contributed by atoms with Crippen LogP contribution in [0.15, 0.2) is 59.4 Å². The lowest BCUT2D eigenvalue weighted by molar-refractivity contribution is 0.381. The maximum absolute atomic E-state index is 13.7. The molecule has 1 N–H and O–H groups in total. The van der Waals surface area contributed by atoms with E-state index in [2.05, 4.69) is 33.9 Å². The molecule has 0 aromatic rings. The Kier molecular flexibility index (Phi) is 14.0. The van der Waals surface area contributed by atoms with E-state index in [0.717, 1.165) is 12.3 Å². The zero-order valence-corrected chi connectivity index (χ0v) is 17.0. The first-order valence-corrected chi connectivity index (χ1v) is 9.09. The van der Waals surface area contributed by atoms with E-state index >= 15 is 0 Å². The summed E-state index contributed by atoms with van der Waals surface area (Å²) in [6.45, 7) is 20.8. The first-order chi connectivity index (χ1) is 11.6. The second-order valence-electron chi connectivity index (χ2n) is 6.31. The highest BCUT2D eigenvalue weighted by molar-refractivity contribution is 5.45. The zero-order chi connectivity index (χ0) is 20.2. The first-order valence-electron chi connectivity index (χ1n) is 9.09. The van der Waals surface area contributed by atoms with E-state index in [-0.39, 0.29) is 5.57 Å². The van der Waals surface area contributed by atoms with E-state index in [4.69, 9.17) is 5.11 Å². The van der Waals surface area contributed by atoms with E-state index in [1.807, 2.05) is 26.8 Å². The molecule has 0 radical (unpaired) electrons. The van der Waals surface area contributed by atoms with Gasteiger partial charge >= 0.3 is 0 Å². The molecule has 0 bridgehead atoms. The van der Waals surface area contributed by atoms with Gasteiger partial charge < -0.3 is 5.11 Å². The third-order valence-electron chi connectivity index (χ3n) is 4.35. The van der Waals surface area contributed by atoms with Crippen molar-refractivity contribution < 1.29 is 13.9 Å². The predicted octanol–water partition coefficient (Wildman–Crippen LogP) is 8.15. The van der Waals surface area contributed by atoms with Gasteiger partial charge in [-0.05, 0) is 37.7 Å². The summed E-state index contributed by atoms with van der Waals surface area (Å²) >= 11 is 0. The van der Waals surface area contributed by atoms with Crippen LogP contribution in [0.3, 0.4) is 0 Å². The topological polar surface area (TPSA) is 20.2 Å². The molecule has 2 unspecified atom stereocenters. The van der Waals surface area contributed by atoms with Crippen LogP contribution in [0.25, 0.3) is 0 Å². The number of hydrogen-bond acceptors (Lipinski definition) is 1. The molecule has 0 aromatic carbocycles. The molecule has 0 aromatic heterocycles. The smallest absolute Gasteiger partial charge is 0.200 e. The molecular weight excluding hydrogens is 318 g/mol. The average Bonchev–Trinajstić information content (AvgIpc) is 2.62. The van der Waals surface area contributed by atoms with Crippen LogP contribution in [0.5, 0.6) is 0 Å². The normalized spacial score (nSPS) is 15.6. The van der Waals surface area contributed by atoms with Gasteiger partial charge in [-0.3, -0.25) is 0 Å². The molecule has 0 saturated heterocycles. The Bertz CT molecular complexity index is 524. The minimum atomic E-state index is -1.37. The van der Waals surface area contributed by atoms with Gasteiger partial charge in [0.1, 0.15) is 5.76 Å². The fourth-order valence-corrected chi connectivity index (χ4v) is 1.92. The molecule has 0 aliphatic rings. The Balaban J connectivity index is 0. The van der Waals surface area contributed by atoms with Crippen molar-refractivity contribution in [3.05, 3.63) is 59.4 Å². The molecule has 0 spiro atoms. The summed E-state index contributed by atoms with van der Waals surface area (Å²) in [5.74, 6) is -2.32. The molecule has 144 valence electrons. The van der Waals surface area contributed by atoms with Gasteiger partial charge in [-0.1, -0.05) is 78.3 Å². The Labute approximate surface area is 153 Å². The minimum Gasteiger partial charge on any atom is -0.505 e. The van der Waals surface area contributed by atoms with Gasteiger partial charge in [0.15, 0.2) is 11.7 Å². The van der Waals surface area contributed by atoms with Crippen LogP contribution >= 0.6 is 0 Å². The van der Waals surface area contributed by atoms with Gasteiger partial charge in [-0.15, -0.1) is 0 Å². The lowest BCUT2D eigenvalue weighted by Crippen LogP contribution is -2.00. The van der Waals surface area contributed by atoms with Crippen molar-refractivity contribution in [2.45, 2.75) is 67.7 Å². The molecule has 0 aliphatic heterocycles. The van der Waals surface area contributed by atoms with Gasteiger partial charge in [0.05, 0.1) is 0 Å². The Morgan fingerprint density at radius 3 is 1.96 bits per heavy atom. The number of rotatable bonds is 9. The highest BCUT2D eigenvalue weighted by Gasteiger charge is 2.13. The van der Waals surface area contributed by atoms with Crippen LogP contribution in [0.4, 0.5) is 8.78 Å². The Morgan fingerprint density at radius 1 is 1.00 bits per heavy atom. The largest absolute Gasteiger partial charge is 0.505 e. The second-order valence-corrected chi connectivity index (χ2v) is 6.31. The third kappa shape index (κ3) is 10.1. The van der Waals surface area contributed by atoms with Gasteiger partial charge in [-0.25, -0.2) is 4.39 Å². The van der Waals surface area contributed by atoms with Crippen LogP contribution in [-0.2, 0) is 0 Å². The van der Waals surface area contributed by atoms with Crippen molar-refractivity contribution in [1.82, 2.24) is 0 Å². The lowest BCUT2D eigenvalue weighted by atomic mass is 9.91. The molecule has 0 rings (SSSR count). The number of hydrogen-bond donors (Lipinski definition) is 1. The standard InChI is InChI=1S/C20H30F2O.C2H6/c1-8-13(2)9-10-14(3)15(4)11-12-16(5)17(6)19(21)20(22)18(7)23;1-2/h11-14,23H,6-10H2,1-5H3;1-2H3/b15-11+,16-12+,20-19-;. The highest BCUT2D eigenvalue weighted by Crippen LogP contribution is 2.26. The summed E-state index contributed by atoms with van der Waals surface area (Å²) in [5, 5.41) is 8.90. The molecule has 25 heavy (non-hydrogen) atoms. The number of aliphatic hydroxyl groups is 1. The predicted molar refractivity (Wildman–Crippen MR) is 107 cm³/mol. The molecule has 0 fully saturated rings. The molecule has 0 amide bonds. The fourth-order valence-electron chi connectivity index (χ4n) is 1.92. The van der Waals surface area contributed by atoms with Crippen molar-refractivity contribution in [3.63, 3.8) is 0 Å². The quantitative estimate of drug-likeness (QED) is 0.327. The molecule has 1 nitrogen and oxygen atoms in total. The number of aliphatic hydroxyl groups excluding tert-OH is 1. The monoisotopic (exact) mass is 354 g/mol. The Morgan fingerprint density at radius 2 is 1.52 bits per heavy atom. The van der Waals surface area contributed by atoms with Crippen LogP contribution < -0.4 is 0 Å². The van der Waals surface area contributed by atoms with Crippen molar-refractivity contribution in [1.29, 1.82) is 0 Å². The van der Waals surface area contributed by atoms with Crippen molar-refractivity contribution in [3.8, 4) is 0 Å². The van der Waals surface area contributed by atoms with Crippen LogP contribution in [-0.4, -0.2) is 5.11 Å². The molecule has 0 heterocycles. The highest BCUT2D eigenvalue weighted by atomic mass is 19.2. The van der Waals surface area contributed by atoms with E-state index < -0.39 is 17.4 Å². The Hall–Kier alpha value is -1.64. The zero-order valence-electron chi connectivity index (χ0n) is 17.0. The average molecular weight is 355 g/mol. The lowest BCUT2D eigenvalue weighted by Gasteiger charge is -2.15. The van der Waals surface area contributed by atoms with Crippen LogP contribution in [0, 0.1) is 11.8 Å². The molecule has 0 aliphatic carbocycles. The van der Waals surface area contributed by atoms with Crippen molar-refractivity contribution in [2.75, 3.05) is 0 Å². The molecule has 3 heteroatoms. The SMILES string of the molecule is C=C(O)/C(F)=C(/F)C(=C)/C(C)=C/C=C(\C)C(C)CCC(C)CC.CC. The van der Waals surface area contributed by atoms with E-state index in [1.54, 1.807) is 13.0 Å². The number of allylic oxidation sites excluding steroid dienone is 7. The van der Waals surface area contributed by atoms with Crippen LogP contribution in [0.2, 0.25) is 0 Å². The fraction of sp³-hybridized carbons (Fsp3) is 0.545. The summed E-state index contributed by atoms with van der Waals surface area (Å²) in [7, 11) is 0. The first kappa shape index (κ1) is 25.6. The van der Waals surface area contributed by atoms with Crippen LogP contribution in [0.1, 0.15) is 67.7 Å². The van der Waals surface area contributed by atoms with E-state index in [0.29, 0.717) is 11.5 Å². The summed E-state index contributed by atoms with van der Waals surface area (Å²) in [5.41, 5.74) is 1.61. The molecule has 2 atom stereocenters. The van der Waals surface area contributed by atoms with Crippen molar-refractivity contribution >= 4 is 0 Å². The maximum Gasteiger partial charge on any atom is 0.200 e. The summed E-state index contributed by atoms with van der Waals surface area (Å²) < 4.78 is 27.1. The third-order valence-corrected chi connectivity index (χ3v) is 4.35. The second kappa shape index (κ2) is 13.6. The van der Waals surface area contributed by atoms with Gasteiger partial charge in [0.2, 0.25) is 0 Å². The minimum absolute atomic E-state index is 0.0889. The van der Waals surface area contributed by atoms with E-state index in [9.17, 15) is 8.78 Å². The molecule has 0 saturated carbocycles. The maximum atomic E-state index is 13.7. The summed E-state index contributed by atoms with van der Waals surface area (Å²) in [6.07, 6.45) is 7.12. The van der Waals surface area contributed by atoms with Crippen molar-refractivity contribution in [2.24, 2.45) is 11.8 Å². The number of halogens is 2. The van der Waals surface area contributed by atoms with Gasteiger partial charge in [0, 0.05) is 5.57 Å². The molecular formula is C22H36F2O. The summed E-state index contributed by atoms with van der Waals surface area (Å²) in [4.78, 5) is 0. The van der Waals surface area contributed by atoms with E-state index in [1.165, 1.54) is 18.4 Å². The van der Waals surface area contributed by atoms with Gasteiger partial charge in [0.25, 0.3) is 0 Å². The van der Waals surface area contributed by atoms with Gasteiger partial charge in [-0.2, -0.15) is 4.39 Å².